The zero-order valence-corrected chi connectivity index (χ0v) is 11.6. The zero-order chi connectivity index (χ0) is 13.7. The van der Waals surface area contributed by atoms with Crippen LogP contribution in [0.3, 0.4) is 0 Å². The first-order valence-electron chi connectivity index (χ1n) is 5.82. The van der Waals surface area contributed by atoms with Gasteiger partial charge in [-0.2, -0.15) is 5.10 Å². The van der Waals surface area contributed by atoms with Gasteiger partial charge in [-0.1, -0.05) is 12.1 Å². The Hall–Kier alpha value is -2.21. The molecule has 2 aromatic rings. The largest absolute Gasteiger partial charge is 0.388 e. The molecule has 0 aliphatic rings. The van der Waals surface area contributed by atoms with Crippen LogP contribution in [0.15, 0.2) is 35.6 Å². The number of hydrogen-bond acceptors (Lipinski definition) is 4. The summed E-state index contributed by atoms with van der Waals surface area (Å²) in [6.45, 7) is 0. The number of hydrogen-bond donors (Lipinski definition) is 3. The standard InChI is InChI=1S/C13H15N5S/c1-14-11-5-3-4-9-10(11)6-7-16-12(9)8-17-18-13(19)15-2/h3-8,14H,1-2H3,(H2,15,18,19)/b17-8+. The maximum Gasteiger partial charge on any atom is 0.186 e. The fourth-order valence-corrected chi connectivity index (χ4v) is 1.81. The van der Waals surface area contributed by atoms with Crippen molar-refractivity contribution in [3.8, 4) is 0 Å². The first kappa shape index (κ1) is 13.2. The van der Waals surface area contributed by atoms with E-state index < -0.39 is 0 Å². The molecular weight excluding hydrogens is 258 g/mol. The number of anilines is 1. The highest BCUT2D eigenvalue weighted by atomic mass is 32.1. The van der Waals surface area contributed by atoms with E-state index in [0.717, 1.165) is 22.2 Å². The minimum atomic E-state index is 0.465. The van der Waals surface area contributed by atoms with Crippen LogP contribution in [-0.4, -0.2) is 30.4 Å². The molecule has 1 aromatic heterocycles. The molecule has 0 aliphatic carbocycles. The predicted molar refractivity (Wildman–Crippen MR) is 83.7 cm³/mol. The fourth-order valence-electron chi connectivity index (χ4n) is 1.76. The van der Waals surface area contributed by atoms with Crippen LogP contribution >= 0.6 is 12.2 Å². The van der Waals surface area contributed by atoms with E-state index in [1.807, 2.05) is 31.3 Å². The Morgan fingerprint density at radius 2 is 2.11 bits per heavy atom. The van der Waals surface area contributed by atoms with Crippen LogP contribution in [0, 0.1) is 0 Å². The Bertz CT molecular complexity index is 623. The van der Waals surface area contributed by atoms with Crippen molar-refractivity contribution in [1.82, 2.24) is 15.7 Å². The van der Waals surface area contributed by atoms with Gasteiger partial charge in [-0.15, -0.1) is 0 Å². The Morgan fingerprint density at radius 1 is 1.26 bits per heavy atom. The third kappa shape index (κ3) is 2.97. The number of rotatable bonds is 3. The van der Waals surface area contributed by atoms with Crippen molar-refractivity contribution in [2.45, 2.75) is 0 Å². The lowest BCUT2D eigenvalue weighted by molar-refractivity contribution is 0.981. The molecule has 3 N–H and O–H groups in total. The molecule has 0 bridgehead atoms. The molecule has 0 atom stereocenters. The first-order chi connectivity index (χ1) is 9.26. The quantitative estimate of drug-likeness (QED) is 0.451. The number of thiocarbonyl (C=S) groups is 1. The highest BCUT2D eigenvalue weighted by Gasteiger charge is 2.03. The molecule has 0 aliphatic heterocycles. The number of aromatic nitrogens is 1. The summed E-state index contributed by atoms with van der Waals surface area (Å²) in [5.74, 6) is 0. The van der Waals surface area contributed by atoms with Crippen molar-refractivity contribution in [2.75, 3.05) is 19.4 Å². The SMILES string of the molecule is CNC(=S)N/N=C/c1nccc2c(NC)cccc12. The number of nitrogens with one attached hydrogen (secondary N) is 3. The number of fused-ring (bicyclic) bond motifs is 1. The molecule has 98 valence electrons. The van der Waals surface area contributed by atoms with E-state index >= 15 is 0 Å². The number of benzene rings is 1. The Kier molecular flexibility index (Phi) is 4.25. The van der Waals surface area contributed by atoms with Crippen LogP contribution in [0.4, 0.5) is 5.69 Å². The summed E-state index contributed by atoms with van der Waals surface area (Å²) < 4.78 is 0. The van der Waals surface area contributed by atoms with Crippen LogP contribution in [0.25, 0.3) is 10.8 Å². The summed E-state index contributed by atoms with van der Waals surface area (Å²) in [7, 11) is 3.64. The summed E-state index contributed by atoms with van der Waals surface area (Å²) in [6, 6.07) is 8.00. The second-order valence-electron chi connectivity index (χ2n) is 3.80. The summed E-state index contributed by atoms with van der Waals surface area (Å²) in [5, 5.41) is 12.6. The van der Waals surface area contributed by atoms with E-state index in [0.29, 0.717) is 5.11 Å². The molecule has 0 fully saturated rings. The lowest BCUT2D eigenvalue weighted by Gasteiger charge is -2.07. The van der Waals surface area contributed by atoms with Crippen LogP contribution in [-0.2, 0) is 0 Å². The maximum absolute atomic E-state index is 4.94. The van der Waals surface area contributed by atoms with Gasteiger partial charge < -0.3 is 10.6 Å². The third-order valence-corrected chi connectivity index (χ3v) is 2.98. The Morgan fingerprint density at radius 3 is 2.84 bits per heavy atom. The van der Waals surface area contributed by atoms with Crippen LogP contribution in [0.1, 0.15) is 5.69 Å². The van der Waals surface area contributed by atoms with E-state index in [4.69, 9.17) is 12.2 Å². The van der Waals surface area contributed by atoms with E-state index in [1.54, 1.807) is 19.5 Å². The van der Waals surface area contributed by atoms with Crippen molar-refractivity contribution in [3.63, 3.8) is 0 Å². The van der Waals surface area contributed by atoms with E-state index in [9.17, 15) is 0 Å². The van der Waals surface area contributed by atoms with Gasteiger partial charge in [0, 0.05) is 36.8 Å². The monoisotopic (exact) mass is 273 g/mol. The lowest BCUT2D eigenvalue weighted by Crippen LogP contribution is -2.28. The van der Waals surface area contributed by atoms with Crippen molar-refractivity contribution in [1.29, 1.82) is 0 Å². The number of nitrogens with zero attached hydrogens (tertiary/aromatic N) is 2. The predicted octanol–water partition coefficient (Wildman–Crippen LogP) is 1.70. The van der Waals surface area contributed by atoms with Gasteiger partial charge in [0.15, 0.2) is 5.11 Å². The van der Waals surface area contributed by atoms with Crippen LogP contribution in [0.5, 0.6) is 0 Å². The van der Waals surface area contributed by atoms with Crippen molar-refractivity contribution in [3.05, 3.63) is 36.2 Å². The average Bonchev–Trinajstić information content (AvgIpc) is 2.46. The molecule has 0 amide bonds. The van der Waals surface area contributed by atoms with Gasteiger partial charge in [0.1, 0.15) is 0 Å². The highest BCUT2D eigenvalue weighted by molar-refractivity contribution is 7.80. The Balaban J connectivity index is 2.36. The molecule has 1 aromatic carbocycles. The maximum atomic E-state index is 4.94. The number of hydrazone groups is 1. The third-order valence-electron chi connectivity index (χ3n) is 2.69. The Labute approximate surface area is 117 Å². The lowest BCUT2D eigenvalue weighted by atomic mass is 10.1. The molecule has 2 rings (SSSR count). The molecule has 5 nitrogen and oxygen atoms in total. The highest BCUT2D eigenvalue weighted by Crippen LogP contribution is 2.23. The second kappa shape index (κ2) is 6.10. The molecule has 0 spiro atoms. The van der Waals surface area contributed by atoms with E-state index in [2.05, 4.69) is 26.1 Å². The van der Waals surface area contributed by atoms with Gasteiger partial charge in [0.05, 0.1) is 11.9 Å². The molecule has 1 heterocycles. The molecular formula is C13H15N5S. The van der Waals surface area contributed by atoms with Gasteiger partial charge in [0.25, 0.3) is 0 Å². The summed E-state index contributed by atoms with van der Waals surface area (Å²) in [4.78, 5) is 4.32. The van der Waals surface area contributed by atoms with E-state index in [1.165, 1.54) is 0 Å². The summed E-state index contributed by atoms with van der Waals surface area (Å²) >= 11 is 4.94. The molecule has 0 radical (unpaired) electrons. The molecule has 19 heavy (non-hydrogen) atoms. The summed E-state index contributed by atoms with van der Waals surface area (Å²) in [5.41, 5.74) is 4.56. The minimum absolute atomic E-state index is 0.465. The fraction of sp³-hybridized carbons (Fsp3) is 0.154. The molecule has 0 saturated heterocycles. The molecule has 6 heteroatoms. The van der Waals surface area contributed by atoms with Gasteiger partial charge in [-0.3, -0.25) is 10.4 Å². The average molecular weight is 273 g/mol. The normalized spacial score (nSPS) is 10.6. The van der Waals surface area contributed by atoms with Crippen molar-refractivity contribution < 1.29 is 0 Å². The van der Waals surface area contributed by atoms with Crippen LogP contribution in [0.2, 0.25) is 0 Å². The van der Waals surface area contributed by atoms with Crippen molar-refractivity contribution in [2.24, 2.45) is 5.10 Å². The molecule has 0 saturated carbocycles. The topological polar surface area (TPSA) is 61.3 Å². The van der Waals surface area contributed by atoms with Crippen molar-refractivity contribution >= 4 is 40.0 Å². The van der Waals surface area contributed by atoms with Gasteiger partial charge in [0.2, 0.25) is 0 Å². The smallest absolute Gasteiger partial charge is 0.186 e. The number of pyridine rings is 1. The van der Waals surface area contributed by atoms with Gasteiger partial charge >= 0.3 is 0 Å². The van der Waals surface area contributed by atoms with Gasteiger partial charge in [-0.25, -0.2) is 0 Å². The zero-order valence-electron chi connectivity index (χ0n) is 10.8. The van der Waals surface area contributed by atoms with Gasteiger partial charge in [-0.05, 0) is 24.4 Å². The first-order valence-corrected chi connectivity index (χ1v) is 6.23. The van der Waals surface area contributed by atoms with Crippen LogP contribution < -0.4 is 16.1 Å². The summed E-state index contributed by atoms with van der Waals surface area (Å²) in [6.07, 6.45) is 3.42. The molecule has 0 unspecified atom stereocenters. The second-order valence-corrected chi connectivity index (χ2v) is 4.20. The van der Waals surface area contributed by atoms with E-state index in [-0.39, 0.29) is 0 Å². The minimum Gasteiger partial charge on any atom is -0.388 e.